The molecule has 0 bridgehead atoms. The third-order valence-corrected chi connectivity index (χ3v) is 4.47. The minimum atomic E-state index is 0.00861. The van der Waals surface area contributed by atoms with Crippen LogP contribution < -0.4 is 0 Å². The Hall–Kier alpha value is -0.940. The van der Waals surface area contributed by atoms with Crippen molar-refractivity contribution in [3.63, 3.8) is 0 Å². The zero-order valence-corrected chi connectivity index (χ0v) is 13.9. The van der Waals surface area contributed by atoms with Gasteiger partial charge in [0.1, 0.15) is 10.3 Å². The van der Waals surface area contributed by atoms with Gasteiger partial charge in [0.05, 0.1) is 0 Å². The zero-order valence-electron chi connectivity index (χ0n) is 12.3. The summed E-state index contributed by atoms with van der Waals surface area (Å²) in [6.45, 7) is 6.57. The van der Waals surface area contributed by atoms with Crippen molar-refractivity contribution in [3.05, 3.63) is 28.5 Å². The second kappa shape index (κ2) is 6.68. The monoisotopic (exact) mass is 339 g/mol. The molecule has 0 aromatic carbocycles. The lowest BCUT2D eigenvalue weighted by Crippen LogP contribution is -2.47. The van der Waals surface area contributed by atoms with Crippen molar-refractivity contribution in [1.82, 2.24) is 14.8 Å². The maximum Gasteiger partial charge on any atom is 0.272 e. The van der Waals surface area contributed by atoms with Crippen LogP contribution in [0.4, 0.5) is 0 Å². The van der Waals surface area contributed by atoms with Gasteiger partial charge >= 0.3 is 0 Å². The number of nitrogens with zero attached hydrogens (tertiary/aromatic N) is 3. The van der Waals surface area contributed by atoms with Gasteiger partial charge in [0.25, 0.3) is 5.91 Å². The molecule has 0 unspecified atom stereocenters. The molecule has 1 aromatic rings. The Morgan fingerprint density at radius 2 is 2.05 bits per heavy atom. The zero-order chi connectivity index (χ0) is 14.7. The molecule has 0 spiro atoms. The van der Waals surface area contributed by atoms with E-state index in [-0.39, 0.29) is 5.91 Å². The van der Waals surface area contributed by atoms with Gasteiger partial charge < -0.3 is 9.80 Å². The third-order valence-electron chi connectivity index (χ3n) is 4.03. The van der Waals surface area contributed by atoms with Crippen LogP contribution in [-0.2, 0) is 0 Å². The number of hydrogen-bond donors (Lipinski definition) is 0. The van der Waals surface area contributed by atoms with E-state index < -0.39 is 0 Å². The van der Waals surface area contributed by atoms with Gasteiger partial charge in [-0.25, -0.2) is 4.98 Å². The number of aromatic nitrogens is 1. The number of carbonyl (C=O) groups excluding carboxylic acids is 1. The van der Waals surface area contributed by atoms with E-state index in [0.717, 1.165) is 25.9 Å². The van der Waals surface area contributed by atoms with Gasteiger partial charge in [-0.1, -0.05) is 6.07 Å². The lowest BCUT2D eigenvalue weighted by atomic mass is 10.0. The molecule has 0 radical (unpaired) electrons. The summed E-state index contributed by atoms with van der Waals surface area (Å²) >= 11 is 3.31. The van der Waals surface area contributed by atoms with E-state index in [1.165, 1.54) is 0 Å². The van der Waals surface area contributed by atoms with E-state index in [9.17, 15) is 4.79 Å². The van der Waals surface area contributed by atoms with E-state index in [4.69, 9.17) is 0 Å². The second-order valence-electron chi connectivity index (χ2n) is 5.62. The minimum absolute atomic E-state index is 0.00861. The third kappa shape index (κ3) is 3.58. The topological polar surface area (TPSA) is 36.4 Å². The van der Waals surface area contributed by atoms with E-state index in [0.29, 0.717) is 22.4 Å². The van der Waals surface area contributed by atoms with Gasteiger partial charge in [-0.2, -0.15) is 0 Å². The molecule has 1 fully saturated rings. The highest BCUT2D eigenvalue weighted by molar-refractivity contribution is 9.10. The van der Waals surface area contributed by atoms with Gasteiger partial charge in [-0.15, -0.1) is 0 Å². The first-order chi connectivity index (χ1) is 9.49. The summed E-state index contributed by atoms with van der Waals surface area (Å²) in [5.74, 6) is 0.00861. The maximum atomic E-state index is 12.4. The summed E-state index contributed by atoms with van der Waals surface area (Å²) in [7, 11) is 1.89. The Labute approximate surface area is 129 Å². The average molecular weight is 340 g/mol. The number of halogens is 1. The first-order valence-electron chi connectivity index (χ1n) is 7.13. The number of rotatable bonds is 3. The number of carbonyl (C=O) groups is 1. The minimum Gasteiger partial charge on any atom is -0.337 e. The van der Waals surface area contributed by atoms with E-state index >= 15 is 0 Å². The molecule has 0 N–H and O–H groups in total. The van der Waals surface area contributed by atoms with Crippen molar-refractivity contribution in [2.24, 2.45) is 0 Å². The fourth-order valence-corrected chi connectivity index (χ4v) is 3.01. The van der Waals surface area contributed by atoms with Crippen LogP contribution in [0.15, 0.2) is 22.8 Å². The molecular formula is C15H22BrN3O. The van der Waals surface area contributed by atoms with Crippen LogP contribution >= 0.6 is 15.9 Å². The number of likely N-dealkylation sites (tertiary alicyclic amines) is 1. The molecule has 0 aliphatic carbocycles. The Morgan fingerprint density at radius 3 is 2.60 bits per heavy atom. The maximum absolute atomic E-state index is 12.4. The summed E-state index contributed by atoms with van der Waals surface area (Å²) in [4.78, 5) is 21.0. The molecule has 20 heavy (non-hydrogen) atoms. The standard InChI is InChI=1S/C15H22BrN3O/c1-11(2)19-9-7-12(8-10-19)18(3)15(20)13-5-4-6-14(16)17-13/h4-6,11-12H,7-10H2,1-3H3. The summed E-state index contributed by atoms with van der Waals surface area (Å²) in [5.41, 5.74) is 0.508. The molecule has 110 valence electrons. The van der Waals surface area contributed by atoms with Crippen molar-refractivity contribution in [3.8, 4) is 0 Å². The van der Waals surface area contributed by atoms with Crippen molar-refractivity contribution in [1.29, 1.82) is 0 Å². The Balaban J connectivity index is 1.98. The average Bonchev–Trinajstić information content (AvgIpc) is 2.46. The van der Waals surface area contributed by atoms with Crippen molar-refractivity contribution < 1.29 is 4.79 Å². The molecule has 1 saturated heterocycles. The molecular weight excluding hydrogens is 318 g/mol. The number of pyridine rings is 1. The molecule has 1 aliphatic rings. The van der Waals surface area contributed by atoms with Crippen LogP contribution in [0.5, 0.6) is 0 Å². The lowest BCUT2D eigenvalue weighted by Gasteiger charge is -2.38. The van der Waals surface area contributed by atoms with Gasteiger partial charge in [0.2, 0.25) is 0 Å². The summed E-state index contributed by atoms with van der Waals surface area (Å²) < 4.78 is 0.700. The van der Waals surface area contributed by atoms with Gasteiger partial charge in [0.15, 0.2) is 0 Å². The molecule has 0 atom stereocenters. The van der Waals surface area contributed by atoms with Gasteiger partial charge in [-0.05, 0) is 54.8 Å². The highest BCUT2D eigenvalue weighted by atomic mass is 79.9. The van der Waals surface area contributed by atoms with Crippen LogP contribution in [0.25, 0.3) is 0 Å². The fraction of sp³-hybridized carbons (Fsp3) is 0.600. The lowest BCUT2D eigenvalue weighted by molar-refractivity contribution is 0.0609. The molecule has 1 aromatic heterocycles. The number of hydrogen-bond acceptors (Lipinski definition) is 3. The molecule has 1 amide bonds. The molecule has 4 nitrogen and oxygen atoms in total. The Morgan fingerprint density at radius 1 is 1.40 bits per heavy atom. The predicted molar refractivity (Wildman–Crippen MR) is 83.8 cm³/mol. The quantitative estimate of drug-likeness (QED) is 0.794. The van der Waals surface area contributed by atoms with E-state index in [1.54, 1.807) is 6.07 Å². The highest BCUT2D eigenvalue weighted by Gasteiger charge is 2.27. The first-order valence-corrected chi connectivity index (χ1v) is 7.92. The molecule has 5 heteroatoms. The summed E-state index contributed by atoms with van der Waals surface area (Å²) in [6.07, 6.45) is 2.07. The Bertz CT molecular complexity index is 470. The van der Waals surface area contributed by atoms with Crippen molar-refractivity contribution in [2.75, 3.05) is 20.1 Å². The first kappa shape index (κ1) is 15.4. The molecule has 0 saturated carbocycles. The summed E-state index contributed by atoms with van der Waals surface area (Å²) in [6, 6.07) is 6.35. The van der Waals surface area contributed by atoms with Crippen molar-refractivity contribution in [2.45, 2.75) is 38.8 Å². The Kier molecular flexibility index (Phi) is 5.16. The number of piperidine rings is 1. The van der Waals surface area contributed by atoms with Crippen LogP contribution in [-0.4, -0.2) is 52.9 Å². The second-order valence-corrected chi connectivity index (χ2v) is 6.43. The smallest absolute Gasteiger partial charge is 0.272 e. The molecule has 2 rings (SSSR count). The SMILES string of the molecule is CC(C)N1CCC(N(C)C(=O)c2cccc(Br)n2)CC1. The van der Waals surface area contributed by atoms with Crippen LogP contribution in [0, 0.1) is 0 Å². The molecule has 2 heterocycles. The van der Waals surface area contributed by atoms with Crippen LogP contribution in [0.3, 0.4) is 0 Å². The largest absolute Gasteiger partial charge is 0.337 e. The fourth-order valence-electron chi connectivity index (χ4n) is 2.66. The summed E-state index contributed by atoms with van der Waals surface area (Å²) in [5, 5.41) is 0. The van der Waals surface area contributed by atoms with Gasteiger partial charge in [-0.3, -0.25) is 4.79 Å². The normalized spacial score (nSPS) is 17.4. The van der Waals surface area contributed by atoms with Crippen molar-refractivity contribution >= 4 is 21.8 Å². The predicted octanol–water partition coefficient (Wildman–Crippen LogP) is 2.79. The van der Waals surface area contributed by atoms with E-state index in [1.807, 2.05) is 24.1 Å². The highest BCUT2D eigenvalue weighted by Crippen LogP contribution is 2.19. The molecule has 1 aliphatic heterocycles. The van der Waals surface area contributed by atoms with Crippen LogP contribution in [0.2, 0.25) is 0 Å². The van der Waals surface area contributed by atoms with Crippen LogP contribution in [0.1, 0.15) is 37.2 Å². The van der Waals surface area contributed by atoms with Gasteiger partial charge in [0, 0.05) is 32.2 Å². The number of amides is 1. The van der Waals surface area contributed by atoms with E-state index in [2.05, 4.69) is 39.7 Å².